The zero-order chi connectivity index (χ0) is 16.7. The van der Waals surface area contributed by atoms with Crippen LogP contribution >= 0.6 is 27.7 Å². The first-order valence-electron chi connectivity index (χ1n) is 7.82. The number of hydrogen-bond acceptors (Lipinski definition) is 2. The van der Waals surface area contributed by atoms with Gasteiger partial charge in [0.15, 0.2) is 0 Å². The van der Waals surface area contributed by atoms with Gasteiger partial charge in [-0.05, 0) is 41.0 Å². The molecule has 1 heterocycles. The predicted molar refractivity (Wildman–Crippen MR) is 105 cm³/mol. The van der Waals surface area contributed by atoms with E-state index in [4.69, 9.17) is 0 Å². The summed E-state index contributed by atoms with van der Waals surface area (Å²) in [6, 6.07) is 18.9. The van der Waals surface area contributed by atoms with Gasteiger partial charge in [-0.25, -0.2) is 0 Å². The second-order valence-electron chi connectivity index (χ2n) is 5.95. The Morgan fingerprint density at radius 1 is 1.08 bits per heavy atom. The van der Waals surface area contributed by atoms with Gasteiger partial charge in [-0.2, -0.15) is 0 Å². The second-order valence-corrected chi connectivity index (χ2v) is 7.68. The molecule has 1 N–H and O–H groups in total. The number of nitrogens with one attached hydrogen (secondary N) is 1. The van der Waals surface area contributed by atoms with Crippen molar-refractivity contribution in [3.8, 4) is 0 Å². The van der Waals surface area contributed by atoms with E-state index < -0.39 is 0 Å². The molecule has 0 bridgehead atoms. The van der Waals surface area contributed by atoms with Crippen molar-refractivity contribution >= 4 is 50.1 Å². The zero-order valence-electron chi connectivity index (χ0n) is 13.2. The third-order valence-electron chi connectivity index (χ3n) is 4.57. The number of anilines is 1. The van der Waals surface area contributed by atoms with Crippen molar-refractivity contribution in [3.05, 3.63) is 70.2 Å². The van der Waals surface area contributed by atoms with Gasteiger partial charge in [-0.1, -0.05) is 52.3 Å². The van der Waals surface area contributed by atoms with Gasteiger partial charge >= 0.3 is 0 Å². The topological polar surface area (TPSA) is 29.1 Å². The predicted octanol–water partition coefficient (Wildman–Crippen LogP) is 5.80. The molecule has 0 fully saturated rings. The highest BCUT2D eigenvalue weighted by molar-refractivity contribution is 9.10. The second kappa shape index (κ2) is 6.26. The maximum atomic E-state index is 12.3. The van der Waals surface area contributed by atoms with E-state index in [1.165, 1.54) is 16.0 Å². The summed E-state index contributed by atoms with van der Waals surface area (Å²) in [7, 11) is 0. The lowest BCUT2D eigenvalue weighted by Crippen LogP contribution is -2.23. The van der Waals surface area contributed by atoms with Gasteiger partial charge in [-0.3, -0.25) is 4.79 Å². The van der Waals surface area contributed by atoms with Crippen molar-refractivity contribution in [1.82, 2.24) is 0 Å². The fourth-order valence-electron chi connectivity index (χ4n) is 3.39. The molecule has 0 unspecified atom stereocenters. The summed E-state index contributed by atoms with van der Waals surface area (Å²) in [5, 5.41) is 5.29. The van der Waals surface area contributed by atoms with Crippen LogP contribution in [0.5, 0.6) is 0 Å². The van der Waals surface area contributed by atoms with Crippen molar-refractivity contribution in [2.45, 2.75) is 17.2 Å². The van der Waals surface area contributed by atoms with Crippen LogP contribution in [0.2, 0.25) is 0 Å². The molecule has 2 nitrogen and oxygen atoms in total. The number of benzene rings is 3. The molecule has 3 aromatic carbocycles. The van der Waals surface area contributed by atoms with Crippen LogP contribution in [-0.2, 0) is 4.79 Å². The Kier molecular flexibility index (Phi) is 4.10. The third-order valence-corrected chi connectivity index (χ3v) is 5.97. The molecule has 4 rings (SSSR count). The normalized spacial score (nSPS) is 16.8. The Labute approximate surface area is 153 Å². The van der Waals surface area contributed by atoms with Crippen molar-refractivity contribution in [2.24, 2.45) is 0 Å². The Balaban J connectivity index is 1.91. The number of fused-ring (bicyclic) bond motifs is 3. The van der Waals surface area contributed by atoms with Crippen LogP contribution in [0.15, 0.2) is 64.0 Å². The highest BCUT2D eigenvalue weighted by atomic mass is 79.9. The number of thioether (sulfide) groups is 1. The monoisotopic (exact) mass is 397 g/mol. The fraction of sp³-hybridized carbons (Fsp3) is 0.150. The van der Waals surface area contributed by atoms with Gasteiger partial charge in [-0.15, -0.1) is 11.8 Å². The molecule has 0 saturated heterocycles. The number of hydrogen-bond donors (Lipinski definition) is 1. The quantitative estimate of drug-likeness (QED) is 0.553. The molecule has 0 spiro atoms. The van der Waals surface area contributed by atoms with Crippen LogP contribution in [0.1, 0.15) is 23.5 Å². The Hall–Kier alpha value is -1.78. The molecule has 1 aliphatic heterocycles. The van der Waals surface area contributed by atoms with Crippen molar-refractivity contribution < 1.29 is 4.79 Å². The molecular weight excluding hydrogens is 382 g/mol. The van der Waals surface area contributed by atoms with E-state index in [0.717, 1.165) is 20.9 Å². The number of rotatable bonds is 2. The number of carbonyl (C=O) groups excluding carboxylic acids is 1. The minimum Gasteiger partial charge on any atom is -0.325 e. The molecule has 0 aromatic heterocycles. The summed E-state index contributed by atoms with van der Waals surface area (Å²) < 4.78 is 1.07. The average molecular weight is 398 g/mol. The Morgan fingerprint density at radius 2 is 1.79 bits per heavy atom. The molecule has 4 heteroatoms. The van der Waals surface area contributed by atoms with Gasteiger partial charge in [0, 0.05) is 27.1 Å². The van der Waals surface area contributed by atoms with E-state index in [1.54, 1.807) is 11.8 Å². The maximum Gasteiger partial charge on any atom is 0.225 e. The minimum absolute atomic E-state index is 0.0777. The van der Waals surface area contributed by atoms with E-state index in [-0.39, 0.29) is 11.8 Å². The van der Waals surface area contributed by atoms with Gasteiger partial charge in [0.25, 0.3) is 0 Å². The molecule has 24 heavy (non-hydrogen) atoms. The summed E-state index contributed by atoms with van der Waals surface area (Å²) >= 11 is 5.43. The lowest BCUT2D eigenvalue weighted by Gasteiger charge is -2.28. The molecule has 1 amide bonds. The SMILES string of the molecule is CSc1ccc([C@H]2CC(=O)Nc3c2cc(Br)c2ccccc32)cc1. The molecule has 120 valence electrons. The van der Waals surface area contributed by atoms with Crippen LogP contribution in [0.3, 0.4) is 0 Å². The maximum absolute atomic E-state index is 12.3. The van der Waals surface area contributed by atoms with Crippen LogP contribution in [0, 0.1) is 0 Å². The van der Waals surface area contributed by atoms with E-state index in [1.807, 2.05) is 12.1 Å². The Bertz CT molecular complexity index is 936. The van der Waals surface area contributed by atoms with E-state index in [2.05, 4.69) is 70.0 Å². The summed E-state index contributed by atoms with van der Waals surface area (Å²) in [6.07, 6.45) is 2.55. The van der Waals surface area contributed by atoms with Gasteiger partial charge in [0.05, 0.1) is 5.69 Å². The third kappa shape index (κ3) is 2.64. The van der Waals surface area contributed by atoms with Gasteiger partial charge < -0.3 is 5.32 Å². The first-order chi connectivity index (χ1) is 11.7. The highest BCUT2D eigenvalue weighted by Crippen LogP contribution is 2.43. The first-order valence-corrected chi connectivity index (χ1v) is 9.84. The average Bonchev–Trinajstić information content (AvgIpc) is 2.62. The van der Waals surface area contributed by atoms with E-state index in [0.29, 0.717) is 6.42 Å². The summed E-state index contributed by atoms with van der Waals surface area (Å²) in [5.74, 6) is 0.166. The molecule has 0 saturated carbocycles. The summed E-state index contributed by atoms with van der Waals surface area (Å²) in [6.45, 7) is 0. The van der Waals surface area contributed by atoms with Crippen molar-refractivity contribution in [1.29, 1.82) is 0 Å². The molecule has 0 radical (unpaired) electrons. The number of carbonyl (C=O) groups is 1. The van der Waals surface area contributed by atoms with Crippen molar-refractivity contribution in [3.63, 3.8) is 0 Å². The number of halogens is 1. The van der Waals surface area contributed by atoms with Crippen molar-refractivity contribution in [2.75, 3.05) is 11.6 Å². The molecule has 1 atom stereocenters. The minimum atomic E-state index is 0.0777. The highest BCUT2D eigenvalue weighted by Gasteiger charge is 2.28. The first kappa shape index (κ1) is 15.7. The van der Waals surface area contributed by atoms with E-state index in [9.17, 15) is 4.79 Å². The summed E-state index contributed by atoms with van der Waals surface area (Å²) in [4.78, 5) is 13.6. The molecular formula is C20H16BrNOS. The molecule has 1 aliphatic rings. The lowest BCUT2D eigenvalue weighted by atomic mass is 9.83. The molecule has 3 aromatic rings. The summed E-state index contributed by atoms with van der Waals surface area (Å²) in [5.41, 5.74) is 3.31. The van der Waals surface area contributed by atoms with Crippen LogP contribution in [0.25, 0.3) is 10.8 Å². The van der Waals surface area contributed by atoms with Gasteiger partial charge in [0.2, 0.25) is 5.91 Å². The van der Waals surface area contributed by atoms with Gasteiger partial charge in [0.1, 0.15) is 0 Å². The number of amides is 1. The van der Waals surface area contributed by atoms with Crippen LogP contribution < -0.4 is 5.32 Å². The fourth-order valence-corrected chi connectivity index (χ4v) is 4.39. The van der Waals surface area contributed by atoms with Crippen LogP contribution in [0.4, 0.5) is 5.69 Å². The van der Waals surface area contributed by atoms with E-state index >= 15 is 0 Å². The van der Waals surface area contributed by atoms with Crippen LogP contribution in [-0.4, -0.2) is 12.2 Å². The molecule has 0 aliphatic carbocycles. The standard InChI is InChI=1S/C20H16BrNOS/c1-24-13-8-6-12(7-9-13)16-11-19(23)22-20-15-5-3-2-4-14(15)18(21)10-17(16)20/h2-10,16H,11H2,1H3,(H,22,23)/t16-/m1/s1. The largest absolute Gasteiger partial charge is 0.325 e. The Morgan fingerprint density at radius 3 is 2.50 bits per heavy atom. The smallest absolute Gasteiger partial charge is 0.225 e. The zero-order valence-corrected chi connectivity index (χ0v) is 15.6. The lowest BCUT2D eigenvalue weighted by molar-refractivity contribution is -0.116.